The molecule has 2 atom stereocenters. The summed E-state index contributed by atoms with van der Waals surface area (Å²) in [6.07, 6.45) is 1.40. The standard InChI is InChI=1S/C9H13FO2/c1-5(10)4-6-7(8(11)12)9(6,2)3/h4,6-7H,1-3H3,(H,11,12). The van der Waals surface area contributed by atoms with Crippen LogP contribution in [-0.4, -0.2) is 11.1 Å². The van der Waals surface area contributed by atoms with Gasteiger partial charge in [-0.1, -0.05) is 13.8 Å². The van der Waals surface area contributed by atoms with E-state index >= 15 is 0 Å². The first-order valence-electron chi connectivity index (χ1n) is 3.94. The van der Waals surface area contributed by atoms with E-state index in [0.29, 0.717) is 0 Å². The average molecular weight is 172 g/mol. The maximum absolute atomic E-state index is 12.4. The minimum atomic E-state index is -0.831. The Bertz CT molecular complexity index is 239. The molecule has 0 aliphatic heterocycles. The van der Waals surface area contributed by atoms with E-state index in [1.807, 2.05) is 13.8 Å². The van der Waals surface area contributed by atoms with E-state index in [-0.39, 0.29) is 17.2 Å². The van der Waals surface area contributed by atoms with Crippen molar-refractivity contribution in [1.29, 1.82) is 0 Å². The molecule has 1 rings (SSSR count). The first-order chi connectivity index (χ1) is 5.37. The van der Waals surface area contributed by atoms with E-state index in [9.17, 15) is 9.18 Å². The third kappa shape index (κ3) is 1.36. The van der Waals surface area contributed by atoms with Gasteiger partial charge in [0.15, 0.2) is 0 Å². The molecule has 1 fully saturated rings. The molecule has 1 N–H and O–H groups in total. The van der Waals surface area contributed by atoms with Gasteiger partial charge in [0, 0.05) is 0 Å². The lowest BCUT2D eigenvalue weighted by Gasteiger charge is -1.96. The van der Waals surface area contributed by atoms with Crippen molar-refractivity contribution in [3.63, 3.8) is 0 Å². The monoisotopic (exact) mass is 172 g/mol. The zero-order chi connectivity index (χ0) is 9.52. The quantitative estimate of drug-likeness (QED) is 0.693. The van der Waals surface area contributed by atoms with Crippen LogP contribution in [-0.2, 0) is 4.79 Å². The lowest BCUT2D eigenvalue weighted by atomic mass is 10.1. The van der Waals surface area contributed by atoms with Gasteiger partial charge in [-0.25, -0.2) is 4.39 Å². The molecule has 2 nitrogen and oxygen atoms in total. The molecule has 3 heteroatoms. The number of hydrogen-bond acceptors (Lipinski definition) is 1. The Kier molecular flexibility index (Phi) is 1.98. The second kappa shape index (κ2) is 2.57. The molecule has 0 aromatic rings. The number of aliphatic carboxylic acids is 1. The van der Waals surface area contributed by atoms with Gasteiger partial charge in [-0.15, -0.1) is 0 Å². The Balaban J connectivity index is 2.73. The Labute approximate surface area is 71.1 Å². The molecule has 0 aromatic heterocycles. The summed E-state index contributed by atoms with van der Waals surface area (Å²) in [6, 6.07) is 0. The summed E-state index contributed by atoms with van der Waals surface area (Å²) in [5, 5.41) is 8.72. The zero-order valence-corrected chi connectivity index (χ0v) is 7.47. The molecule has 0 radical (unpaired) electrons. The number of rotatable bonds is 2. The molecule has 2 unspecified atom stereocenters. The second-order valence-electron chi connectivity index (χ2n) is 3.92. The third-order valence-corrected chi connectivity index (χ3v) is 2.59. The van der Waals surface area contributed by atoms with Gasteiger partial charge in [-0.3, -0.25) is 4.79 Å². The molecule has 1 aliphatic rings. The minimum absolute atomic E-state index is 0.139. The summed E-state index contributed by atoms with van der Waals surface area (Å²) in [7, 11) is 0. The van der Waals surface area contributed by atoms with Crippen LogP contribution in [0.4, 0.5) is 4.39 Å². The fourth-order valence-corrected chi connectivity index (χ4v) is 1.71. The van der Waals surface area contributed by atoms with E-state index in [1.54, 1.807) is 0 Å². The maximum Gasteiger partial charge on any atom is 0.307 e. The lowest BCUT2D eigenvalue weighted by molar-refractivity contribution is -0.139. The highest BCUT2D eigenvalue weighted by Gasteiger charge is 2.60. The molecule has 1 aliphatic carbocycles. The number of carbonyl (C=O) groups is 1. The SMILES string of the molecule is CC(F)=CC1C(C(=O)O)C1(C)C. The highest BCUT2D eigenvalue weighted by atomic mass is 19.1. The van der Waals surface area contributed by atoms with Crippen LogP contribution in [0.2, 0.25) is 0 Å². The highest BCUT2D eigenvalue weighted by molar-refractivity contribution is 5.76. The topological polar surface area (TPSA) is 37.3 Å². The smallest absolute Gasteiger partial charge is 0.307 e. The zero-order valence-electron chi connectivity index (χ0n) is 7.47. The fourth-order valence-electron chi connectivity index (χ4n) is 1.71. The van der Waals surface area contributed by atoms with Crippen molar-refractivity contribution in [3.05, 3.63) is 11.9 Å². The Morgan fingerprint density at radius 1 is 1.58 bits per heavy atom. The van der Waals surface area contributed by atoms with Crippen molar-refractivity contribution < 1.29 is 14.3 Å². The first-order valence-corrected chi connectivity index (χ1v) is 3.94. The van der Waals surface area contributed by atoms with Crippen LogP contribution >= 0.6 is 0 Å². The minimum Gasteiger partial charge on any atom is -0.481 e. The number of carboxylic acid groups (broad SMARTS) is 1. The van der Waals surface area contributed by atoms with Crippen LogP contribution in [0.1, 0.15) is 20.8 Å². The summed E-state index contributed by atoms with van der Waals surface area (Å²) in [6.45, 7) is 5.03. The number of hydrogen-bond donors (Lipinski definition) is 1. The average Bonchev–Trinajstić information content (AvgIpc) is 2.32. The summed E-state index contributed by atoms with van der Waals surface area (Å²) in [4.78, 5) is 10.6. The van der Waals surface area contributed by atoms with Crippen molar-refractivity contribution in [3.8, 4) is 0 Å². The van der Waals surface area contributed by atoms with E-state index < -0.39 is 11.9 Å². The van der Waals surface area contributed by atoms with Gasteiger partial charge in [-0.2, -0.15) is 0 Å². The molecular formula is C9H13FO2. The molecule has 0 saturated heterocycles. The molecule has 12 heavy (non-hydrogen) atoms. The molecule has 1 saturated carbocycles. The van der Waals surface area contributed by atoms with Crippen LogP contribution in [0.3, 0.4) is 0 Å². The predicted octanol–water partition coefficient (Wildman–Crippen LogP) is 2.22. The van der Waals surface area contributed by atoms with Gasteiger partial charge in [0.1, 0.15) is 0 Å². The van der Waals surface area contributed by atoms with Crippen LogP contribution in [0.15, 0.2) is 11.9 Å². The number of carboxylic acids is 1. The summed E-state index contributed by atoms with van der Waals surface area (Å²) in [5.41, 5.74) is -0.279. The lowest BCUT2D eigenvalue weighted by Crippen LogP contribution is -2.02. The molecule has 0 heterocycles. The molecule has 0 bridgehead atoms. The van der Waals surface area contributed by atoms with Gasteiger partial charge in [0.2, 0.25) is 0 Å². The predicted molar refractivity (Wildman–Crippen MR) is 43.3 cm³/mol. The first kappa shape index (κ1) is 9.23. The van der Waals surface area contributed by atoms with E-state index in [0.717, 1.165) is 0 Å². The van der Waals surface area contributed by atoms with Crippen LogP contribution in [0.25, 0.3) is 0 Å². The Morgan fingerprint density at radius 3 is 2.33 bits per heavy atom. The Hall–Kier alpha value is -0.860. The van der Waals surface area contributed by atoms with Crippen molar-refractivity contribution in [2.75, 3.05) is 0 Å². The van der Waals surface area contributed by atoms with Crippen LogP contribution in [0.5, 0.6) is 0 Å². The molecule has 68 valence electrons. The molecular weight excluding hydrogens is 159 g/mol. The number of halogens is 1. The van der Waals surface area contributed by atoms with Gasteiger partial charge in [0.05, 0.1) is 11.7 Å². The highest BCUT2D eigenvalue weighted by Crippen LogP contribution is 2.59. The van der Waals surface area contributed by atoms with Crippen LogP contribution < -0.4 is 0 Å². The summed E-state index contributed by atoms with van der Waals surface area (Å²) in [5.74, 6) is -1.68. The number of allylic oxidation sites excluding steroid dienone is 2. The fraction of sp³-hybridized carbons (Fsp3) is 0.667. The molecule has 0 aromatic carbocycles. The van der Waals surface area contributed by atoms with E-state index in [2.05, 4.69) is 0 Å². The third-order valence-electron chi connectivity index (χ3n) is 2.59. The normalized spacial score (nSPS) is 33.2. The van der Waals surface area contributed by atoms with Gasteiger partial charge < -0.3 is 5.11 Å². The maximum atomic E-state index is 12.4. The van der Waals surface area contributed by atoms with Crippen molar-refractivity contribution in [2.24, 2.45) is 17.3 Å². The summed E-state index contributed by atoms with van der Waals surface area (Å²) < 4.78 is 12.4. The van der Waals surface area contributed by atoms with Crippen molar-refractivity contribution >= 4 is 5.97 Å². The van der Waals surface area contributed by atoms with Gasteiger partial charge in [-0.05, 0) is 24.3 Å². The second-order valence-corrected chi connectivity index (χ2v) is 3.92. The van der Waals surface area contributed by atoms with Crippen LogP contribution in [0, 0.1) is 17.3 Å². The largest absolute Gasteiger partial charge is 0.481 e. The van der Waals surface area contributed by atoms with Gasteiger partial charge in [0.25, 0.3) is 0 Å². The van der Waals surface area contributed by atoms with E-state index in [4.69, 9.17) is 5.11 Å². The molecule has 0 spiro atoms. The van der Waals surface area contributed by atoms with E-state index in [1.165, 1.54) is 13.0 Å². The van der Waals surface area contributed by atoms with Gasteiger partial charge >= 0.3 is 5.97 Å². The van der Waals surface area contributed by atoms with Crippen molar-refractivity contribution in [1.82, 2.24) is 0 Å². The summed E-state index contributed by atoms with van der Waals surface area (Å²) >= 11 is 0. The molecule has 0 amide bonds. The van der Waals surface area contributed by atoms with Crippen molar-refractivity contribution in [2.45, 2.75) is 20.8 Å². The Morgan fingerprint density at radius 2 is 2.08 bits per heavy atom.